The molecule has 0 radical (unpaired) electrons. The van der Waals surface area contributed by atoms with Crippen LogP contribution >= 0.6 is 19.3 Å². The van der Waals surface area contributed by atoms with Gasteiger partial charge in [-0.15, -0.1) is 0 Å². The summed E-state index contributed by atoms with van der Waals surface area (Å²) in [6.45, 7) is 4.79. The zero-order valence-corrected chi connectivity index (χ0v) is 17.6. The quantitative estimate of drug-likeness (QED) is 0.256. The van der Waals surface area contributed by atoms with Crippen LogP contribution in [-0.4, -0.2) is 23.0 Å². The van der Waals surface area contributed by atoms with Crippen molar-refractivity contribution in [2.24, 2.45) is 0 Å². The van der Waals surface area contributed by atoms with Crippen LogP contribution in [0.3, 0.4) is 0 Å². The zero-order chi connectivity index (χ0) is 21.6. The Morgan fingerprint density at radius 1 is 1.14 bits per heavy atom. The molecule has 2 aromatic carbocycles. The lowest BCUT2D eigenvalue weighted by Crippen LogP contribution is -2.36. The van der Waals surface area contributed by atoms with E-state index in [4.69, 9.17) is 25.4 Å². The van der Waals surface area contributed by atoms with Crippen LogP contribution in [0.4, 0.5) is 5.69 Å². The molecule has 1 unspecified atom stereocenters. The van der Waals surface area contributed by atoms with Crippen LogP contribution in [0.5, 0.6) is 11.5 Å². The summed E-state index contributed by atoms with van der Waals surface area (Å²) in [7, 11) is -4.19. The Labute approximate surface area is 172 Å². The molecule has 0 amide bonds. The fourth-order valence-corrected chi connectivity index (χ4v) is 3.93. The van der Waals surface area contributed by atoms with Gasteiger partial charge >= 0.3 is 13.7 Å². The number of rotatable bonds is 9. The fourth-order valence-electron chi connectivity index (χ4n) is 2.12. The van der Waals surface area contributed by atoms with Crippen LogP contribution in [0.15, 0.2) is 48.5 Å². The Balaban J connectivity index is 2.30. The smallest absolute Gasteiger partial charge is 0.462 e. The Bertz CT molecular complexity index is 924. The third-order valence-electron chi connectivity index (χ3n) is 3.37. The van der Waals surface area contributed by atoms with E-state index in [0.29, 0.717) is 0 Å². The normalized spacial score (nSPS) is 14.0. The van der Waals surface area contributed by atoms with Gasteiger partial charge in [-0.2, -0.15) is 5.09 Å². The van der Waals surface area contributed by atoms with Gasteiger partial charge in [-0.05, 0) is 39.0 Å². The molecule has 0 spiro atoms. The maximum Gasteiger partial charge on any atom is 0.513 e. The lowest BCUT2D eigenvalue weighted by atomic mass is 10.3. The first kappa shape index (κ1) is 22.7. The van der Waals surface area contributed by atoms with Gasteiger partial charge in [0.2, 0.25) is 0 Å². The Kier molecular flexibility index (Phi) is 7.61. The standard InChI is InChI=1S/C18H20ClN2O7P/c1-12(2)26-18(22)13(3)20-29(25,27-15-7-5-4-6-8-15)28-17-10-9-14(21(23)24)11-16(17)19/h4-13H,1-3H3,(H,20,25)/t13-,29?/m1/s1. The molecule has 29 heavy (non-hydrogen) atoms. The predicted octanol–water partition coefficient (Wildman–Crippen LogP) is 4.74. The number of carbonyl (C=O) groups is 1. The number of nitrogens with zero attached hydrogens (tertiary/aromatic N) is 1. The SMILES string of the molecule is CC(C)OC(=O)[C@@H](C)NP(=O)(Oc1ccccc1)Oc1ccc([N+](=O)[O-])cc1Cl. The molecule has 0 aliphatic carbocycles. The molecule has 0 bridgehead atoms. The van der Waals surface area contributed by atoms with Gasteiger partial charge in [-0.1, -0.05) is 29.8 Å². The highest BCUT2D eigenvalue weighted by molar-refractivity contribution is 7.52. The van der Waals surface area contributed by atoms with Crippen molar-refractivity contribution in [2.75, 3.05) is 0 Å². The number of halogens is 1. The van der Waals surface area contributed by atoms with Crippen LogP contribution in [0.25, 0.3) is 0 Å². The summed E-state index contributed by atoms with van der Waals surface area (Å²) < 4.78 is 29.4. The van der Waals surface area contributed by atoms with E-state index >= 15 is 0 Å². The number of non-ortho nitro benzene ring substituents is 1. The van der Waals surface area contributed by atoms with E-state index in [1.165, 1.54) is 13.0 Å². The highest BCUT2D eigenvalue weighted by atomic mass is 35.5. The van der Waals surface area contributed by atoms with Gasteiger partial charge in [0, 0.05) is 12.1 Å². The molecule has 0 aliphatic heterocycles. The molecule has 156 valence electrons. The van der Waals surface area contributed by atoms with Gasteiger partial charge in [0.15, 0.2) is 5.75 Å². The highest BCUT2D eigenvalue weighted by Crippen LogP contribution is 2.47. The second-order valence-electron chi connectivity index (χ2n) is 6.20. The van der Waals surface area contributed by atoms with Crippen molar-refractivity contribution in [2.45, 2.75) is 32.9 Å². The van der Waals surface area contributed by atoms with E-state index in [-0.39, 0.29) is 28.3 Å². The summed E-state index contributed by atoms with van der Waals surface area (Å²) in [5.41, 5.74) is -0.261. The second-order valence-corrected chi connectivity index (χ2v) is 8.23. The molecule has 1 N–H and O–H groups in total. The minimum absolute atomic E-state index is 0.117. The minimum Gasteiger partial charge on any atom is -0.462 e. The first-order valence-electron chi connectivity index (χ1n) is 8.56. The summed E-state index contributed by atoms with van der Waals surface area (Å²) in [5, 5.41) is 13.2. The number of hydrogen-bond donors (Lipinski definition) is 1. The van der Waals surface area contributed by atoms with Crippen molar-refractivity contribution in [3.05, 3.63) is 63.7 Å². The molecule has 2 rings (SSSR count). The van der Waals surface area contributed by atoms with Crippen LogP contribution in [-0.2, 0) is 14.1 Å². The number of ether oxygens (including phenoxy) is 1. The Morgan fingerprint density at radius 3 is 2.34 bits per heavy atom. The maximum absolute atomic E-state index is 13.4. The molecule has 0 saturated carbocycles. The number of nitro groups is 1. The number of para-hydroxylation sites is 1. The van der Waals surface area contributed by atoms with Crippen LogP contribution in [0, 0.1) is 10.1 Å². The molecular formula is C18H20ClN2O7P. The van der Waals surface area contributed by atoms with E-state index in [0.717, 1.165) is 12.1 Å². The molecule has 2 atom stereocenters. The molecule has 0 fully saturated rings. The average molecular weight is 443 g/mol. The van der Waals surface area contributed by atoms with E-state index in [1.807, 2.05) is 0 Å². The average Bonchev–Trinajstić information content (AvgIpc) is 2.63. The van der Waals surface area contributed by atoms with Gasteiger partial charge < -0.3 is 13.8 Å². The lowest BCUT2D eigenvalue weighted by molar-refractivity contribution is -0.384. The van der Waals surface area contributed by atoms with Gasteiger partial charge in [0.25, 0.3) is 5.69 Å². The number of esters is 1. The monoisotopic (exact) mass is 442 g/mol. The molecule has 11 heteroatoms. The molecule has 2 aromatic rings. The van der Waals surface area contributed by atoms with Gasteiger partial charge in [0.05, 0.1) is 16.0 Å². The third kappa shape index (κ3) is 6.74. The minimum atomic E-state index is -4.19. The number of nitrogens with one attached hydrogen (secondary N) is 1. The van der Waals surface area contributed by atoms with Gasteiger partial charge in [-0.3, -0.25) is 14.9 Å². The van der Waals surface area contributed by atoms with E-state index in [2.05, 4.69) is 5.09 Å². The Morgan fingerprint density at radius 2 is 1.79 bits per heavy atom. The van der Waals surface area contributed by atoms with Crippen molar-refractivity contribution in [3.8, 4) is 11.5 Å². The summed E-state index contributed by atoms with van der Waals surface area (Å²) in [6, 6.07) is 10.5. The van der Waals surface area contributed by atoms with Crippen molar-refractivity contribution >= 4 is 31.0 Å². The summed E-state index contributed by atoms with van der Waals surface area (Å²) in [4.78, 5) is 22.3. The lowest BCUT2D eigenvalue weighted by Gasteiger charge is -2.23. The molecule has 0 saturated heterocycles. The molecule has 0 heterocycles. The summed E-state index contributed by atoms with van der Waals surface area (Å²) in [5.74, 6) is -0.561. The van der Waals surface area contributed by atoms with Crippen molar-refractivity contribution < 1.29 is 28.1 Å². The fraction of sp³-hybridized carbons (Fsp3) is 0.278. The maximum atomic E-state index is 13.4. The van der Waals surface area contributed by atoms with Gasteiger partial charge in [-0.25, -0.2) is 4.57 Å². The summed E-state index contributed by atoms with van der Waals surface area (Å²) in [6.07, 6.45) is -0.369. The van der Waals surface area contributed by atoms with E-state index in [1.54, 1.807) is 44.2 Å². The Hall–Kier alpha value is -2.61. The number of carbonyl (C=O) groups excluding carboxylic acids is 1. The van der Waals surface area contributed by atoms with Crippen LogP contribution < -0.4 is 14.1 Å². The largest absolute Gasteiger partial charge is 0.513 e. The van der Waals surface area contributed by atoms with Crippen molar-refractivity contribution in [1.29, 1.82) is 0 Å². The second kappa shape index (κ2) is 9.73. The molecule has 0 aliphatic rings. The number of hydrogen-bond acceptors (Lipinski definition) is 7. The summed E-state index contributed by atoms with van der Waals surface area (Å²) >= 11 is 6.02. The number of nitro benzene ring substituents is 1. The molecule has 9 nitrogen and oxygen atoms in total. The highest BCUT2D eigenvalue weighted by Gasteiger charge is 2.34. The van der Waals surface area contributed by atoms with Gasteiger partial charge in [0.1, 0.15) is 11.8 Å². The van der Waals surface area contributed by atoms with Crippen molar-refractivity contribution in [1.82, 2.24) is 5.09 Å². The first-order valence-corrected chi connectivity index (χ1v) is 10.5. The number of benzene rings is 2. The molecule has 0 aromatic heterocycles. The first-order chi connectivity index (χ1) is 13.6. The van der Waals surface area contributed by atoms with E-state index < -0.39 is 24.7 Å². The third-order valence-corrected chi connectivity index (χ3v) is 5.26. The molecular weight excluding hydrogens is 423 g/mol. The zero-order valence-electron chi connectivity index (χ0n) is 15.9. The topological polar surface area (TPSA) is 117 Å². The van der Waals surface area contributed by atoms with Crippen LogP contribution in [0.2, 0.25) is 5.02 Å². The van der Waals surface area contributed by atoms with E-state index in [9.17, 15) is 19.5 Å². The van der Waals surface area contributed by atoms with Crippen LogP contribution in [0.1, 0.15) is 20.8 Å². The predicted molar refractivity (Wildman–Crippen MR) is 107 cm³/mol. The van der Waals surface area contributed by atoms with Crippen molar-refractivity contribution in [3.63, 3.8) is 0 Å².